The van der Waals surface area contributed by atoms with Gasteiger partial charge in [0.05, 0.1) is 18.2 Å². The van der Waals surface area contributed by atoms with Gasteiger partial charge in [0.15, 0.2) is 11.2 Å². The fraction of sp³-hybridized carbons (Fsp3) is 0.231. The minimum absolute atomic E-state index is 0.00200. The van der Waals surface area contributed by atoms with Gasteiger partial charge in [-0.05, 0) is 47.5 Å². The molecular formula is C26H20ClF4NO6. The molecule has 12 heteroatoms. The second-order valence-corrected chi connectivity index (χ2v) is 8.92. The molecule has 0 aliphatic heterocycles. The van der Waals surface area contributed by atoms with Crippen molar-refractivity contribution in [1.82, 2.24) is 4.57 Å². The van der Waals surface area contributed by atoms with Gasteiger partial charge in [-0.25, -0.2) is 14.0 Å². The number of hydrogen-bond donors (Lipinski definition) is 1. The molecule has 1 aromatic heterocycles. The van der Waals surface area contributed by atoms with E-state index in [0.29, 0.717) is 0 Å². The molecular weight excluding hydrogens is 534 g/mol. The van der Waals surface area contributed by atoms with Crippen LogP contribution < -0.4 is 10.5 Å². The molecule has 7 nitrogen and oxygen atoms in total. The van der Waals surface area contributed by atoms with Crippen LogP contribution in [0.3, 0.4) is 0 Å². The van der Waals surface area contributed by atoms with Crippen molar-refractivity contribution in [2.24, 2.45) is 7.05 Å². The molecule has 0 amide bonds. The fourth-order valence-corrected chi connectivity index (χ4v) is 4.48. The number of benzene rings is 3. The van der Waals surface area contributed by atoms with E-state index >= 15 is 0 Å². The van der Waals surface area contributed by atoms with Crippen molar-refractivity contribution in [2.45, 2.75) is 24.6 Å². The molecule has 0 fully saturated rings. The van der Waals surface area contributed by atoms with Gasteiger partial charge < -0.3 is 19.0 Å². The molecule has 4 aromatic rings. The van der Waals surface area contributed by atoms with E-state index in [0.717, 1.165) is 42.9 Å². The lowest BCUT2D eigenvalue weighted by molar-refractivity contribution is -0.274. The molecule has 0 radical (unpaired) electrons. The summed E-state index contributed by atoms with van der Waals surface area (Å²) in [5.74, 6) is -4.07. The maximum absolute atomic E-state index is 14.4. The number of nitrogens with zero attached hydrogens (tertiary/aromatic N) is 1. The van der Waals surface area contributed by atoms with Crippen LogP contribution in [0, 0.1) is 5.82 Å². The van der Waals surface area contributed by atoms with Crippen molar-refractivity contribution in [2.75, 3.05) is 7.11 Å². The molecule has 0 spiro atoms. The van der Waals surface area contributed by atoms with Crippen LogP contribution in [-0.4, -0.2) is 28.9 Å². The summed E-state index contributed by atoms with van der Waals surface area (Å²) in [6, 6.07) is 10.5. The molecule has 0 saturated heterocycles. The number of aryl methyl sites for hydroxylation is 1. The zero-order valence-corrected chi connectivity index (χ0v) is 20.9. The van der Waals surface area contributed by atoms with Crippen molar-refractivity contribution in [3.05, 3.63) is 92.7 Å². The maximum Gasteiger partial charge on any atom is 0.422 e. The Labute approximate surface area is 217 Å². The predicted octanol–water partition coefficient (Wildman–Crippen LogP) is 6.06. The van der Waals surface area contributed by atoms with E-state index in [1.54, 1.807) is 0 Å². The first-order chi connectivity index (χ1) is 17.8. The highest BCUT2D eigenvalue weighted by Crippen LogP contribution is 2.50. The minimum Gasteiger partial charge on any atom is -0.465 e. The molecule has 0 aliphatic rings. The topological polar surface area (TPSA) is 90.9 Å². The van der Waals surface area contributed by atoms with Crippen LogP contribution in [0.25, 0.3) is 11.1 Å². The summed E-state index contributed by atoms with van der Waals surface area (Å²) in [6.07, 6.45) is -5.14. The molecule has 0 unspecified atom stereocenters. The molecule has 1 heterocycles. The Balaban J connectivity index is 1.69. The lowest BCUT2D eigenvalue weighted by Crippen LogP contribution is -2.46. The molecule has 0 saturated carbocycles. The van der Waals surface area contributed by atoms with E-state index in [1.165, 1.54) is 37.4 Å². The van der Waals surface area contributed by atoms with Gasteiger partial charge in [-0.15, -0.1) is 0 Å². The van der Waals surface area contributed by atoms with Gasteiger partial charge in [-0.1, -0.05) is 30.7 Å². The highest BCUT2D eigenvalue weighted by molar-refractivity contribution is 6.31. The number of ether oxygens (including phenoxy) is 2. The SMILES string of the molecule is COC(=O)c1ccc(Oc2ccc([C@@H](C)[C@@](O)(c3ccc4oc(=O)n(C)c4c3)C(F)(F)F)c(Cl)c2)cc1F. The van der Waals surface area contributed by atoms with Crippen LogP contribution in [-0.2, 0) is 17.4 Å². The van der Waals surface area contributed by atoms with Crippen molar-refractivity contribution < 1.29 is 41.4 Å². The van der Waals surface area contributed by atoms with Gasteiger partial charge in [-0.3, -0.25) is 4.57 Å². The maximum atomic E-state index is 14.4. The minimum atomic E-state index is -5.14. The summed E-state index contributed by atoms with van der Waals surface area (Å²) in [5, 5.41) is 11.0. The van der Waals surface area contributed by atoms with E-state index in [-0.39, 0.29) is 38.7 Å². The van der Waals surface area contributed by atoms with Crippen molar-refractivity contribution in [3.63, 3.8) is 0 Å². The van der Waals surface area contributed by atoms with Crippen LogP contribution in [0.15, 0.2) is 63.8 Å². The number of rotatable bonds is 6. The third-order valence-corrected chi connectivity index (χ3v) is 6.64. The van der Waals surface area contributed by atoms with Crippen molar-refractivity contribution in [1.29, 1.82) is 0 Å². The second-order valence-electron chi connectivity index (χ2n) is 8.51. The van der Waals surface area contributed by atoms with Crippen LogP contribution in [0.4, 0.5) is 17.6 Å². The van der Waals surface area contributed by atoms with Crippen molar-refractivity contribution in [3.8, 4) is 11.5 Å². The molecule has 3 aromatic carbocycles. The largest absolute Gasteiger partial charge is 0.465 e. The number of hydrogen-bond acceptors (Lipinski definition) is 6. The zero-order chi connectivity index (χ0) is 28.0. The van der Waals surface area contributed by atoms with Gasteiger partial charge in [0.1, 0.15) is 17.3 Å². The number of methoxy groups -OCH3 is 1. The average molecular weight is 554 g/mol. The molecule has 200 valence electrons. The zero-order valence-electron chi connectivity index (χ0n) is 20.1. The first kappa shape index (κ1) is 27.2. The van der Waals surface area contributed by atoms with Gasteiger partial charge >= 0.3 is 17.9 Å². The molecule has 2 atom stereocenters. The first-order valence-corrected chi connectivity index (χ1v) is 11.4. The number of alkyl halides is 3. The van der Waals surface area contributed by atoms with E-state index in [1.807, 2.05) is 0 Å². The van der Waals surface area contributed by atoms with Gasteiger partial charge in [0.25, 0.3) is 0 Å². The summed E-state index contributed by atoms with van der Waals surface area (Å²) in [4.78, 5) is 23.3. The van der Waals surface area contributed by atoms with E-state index in [4.69, 9.17) is 20.8 Å². The van der Waals surface area contributed by atoms with E-state index in [9.17, 15) is 32.3 Å². The number of halogens is 5. The smallest absolute Gasteiger partial charge is 0.422 e. The van der Waals surface area contributed by atoms with Crippen LogP contribution >= 0.6 is 11.6 Å². The Bertz CT molecular complexity index is 1600. The standard InChI is InChI=1S/C26H20ClF4NO6/c1-13(25(35,26(29,30)31)14-4-9-22-21(10-14)32(2)24(34)38-22)17-7-5-15(11-19(17)27)37-16-6-8-18(20(28)12-16)23(33)36-3/h4-13,35H,1-3H3/t13-,25-/m1/s1. The monoisotopic (exact) mass is 553 g/mol. The average Bonchev–Trinajstić information content (AvgIpc) is 3.14. The highest BCUT2D eigenvalue weighted by Gasteiger charge is 2.59. The Morgan fingerprint density at radius 3 is 2.34 bits per heavy atom. The molecule has 4 rings (SSSR count). The summed E-state index contributed by atoms with van der Waals surface area (Å²) in [6.45, 7) is 1.16. The van der Waals surface area contributed by atoms with E-state index < -0.39 is 40.8 Å². The van der Waals surface area contributed by atoms with Crippen LogP contribution in [0.2, 0.25) is 5.02 Å². The Morgan fingerprint density at radius 1 is 1.08 bits per heavy atom. The third-order valence-electron chi connectivity index (χ3n) is 6.31. The number of fused-ring (bicyclic) bond motifs is 1. The Hall–Kier alpha value is -3.83. The molecule has 0 aliphatic carbocycles. The molecule has 0 bridgehead atoms. The lowest BCUT2D eigenvalue weighted by atomic mass is 9.77. The second kappa shape index (κ2) is 9.80. The predicted molar refractivity (Wildman–Crippen MR) is 129 cm³/mol. The Morgan fingerprint density at radius 2 is 1.74 bits per heavy atom. The molecule has 1 N–H and O–H groups in total. The number of carbonyl (C=O) groups is 1. The molecule has 38 heavy (non-hydrogen) atoms. The summed E-state index contributed by atoms with van der Waals surface area (Å²) in [5.41, 5.74) is -4.13. The van der Waals surface area contributed by atoms with Gasteiger partial charge in [0.2, 0.25) is 0 Å². The third kappa shape index (κ3) is 4.63. The number of esters is 1. The number of carbonyl (C=O) groups excluding carboxylic acids is 1. The quantitative estimate of drug-likeness (QED) is 0.231. The summed E-state index contributed by atoms with van der Waals surface area (Å²) < 4.78 is 73.4. The van der Waals surface area contributed by atoms with Crippen LogP contribution in [0.1, 0.15) is 34.3 Å². The summed E-state index contributed by atoms with van der Waals surface area (Å²) >= 11 is 6.32. The van der Waals surface area contributed by atoms with Crippen molar-refractivity contribution >= 4 is 28.7 Å². The summed E-state index contributed by atoms with van der Waals surface area (Å²) in [7, 11) is 2.44. The van der Waals surface area contributed by atoms with Gasteiger partial charge in [-0.2, -0.15) is 13.2 Å². The number of aromatic nitrogens is 1. The number of aliphatic hydroxyl groups is 1. The number of oxazole rings is 1. The van der Waals surface area contributed by atoms with Crippen LogP contribution in [0.5, 0.6) is 11.5 Å². The van der Waals surface area contributed by atoms with E-state index in [2.05, 4.69) is 4.74 Å². The Kier molecular flexibility index (Phi) is 7.02. The fourth-order valence-electron chi connectivity index (χ4n) is 4.14. The lowest BCUT2D eigenvalue weighted by Gasteiger charge is -2.37. The highest BCUT2D eigenvalue weighted by atomic mass is 35.5. The normalized spacial score (nSPS) is 14.2. The van der Waals surface area contributed by atoms with Gasteiger partial charge in [0, 0.05) is 24.1 Å². The first-order valence-electron chi connectivity index (χ1n) is 11.0.